The van der Waals surface area contributed by atoms with Gasteiger partial charge in [0.05, 0.1) is 11.9 Å². The molecule has 2 aromatic heterocycles. The van der Waals surface area contributed by atoms with Crippen molar-refractivity contribution in [1.82, 2.24) is 14.3 Å². The third-order valence-electron chi connectivity index (χ3n) is 3.69. The van der Waals surface area contributed by atoms with Crippen molar-refractivity contribution in [3.8, 4) is 5.69 Å². The first-order valence-electron chi connectivity index (χ1n) is 7.70. The summed E-state index contributed by atoms with van der Waals surface area (Å²) in [6.07, 6.45) is 3.60. The number of hydrogen-bond donors (Lipinski definition) is 1. The third-order valence-corrected chi connectivity index (χ3v) is 3.69. The van der Waals surface area contributed by atoms with E-state index in [1.165, 1.54) is 10.6 Å². The molecular formula is C18H18N4O2. The second kappa shape index (κ2) is 6.95. The summed E-state index contributed by atoms with van der Waals surface area (Å²) >= 11 is 0. The van der Waals surface area contributed by atoms with E-state index in [4.69, 9.17) is 0 Å². The standard InChI is InChI=1S/C18H18N4O2/c1-14-13-19-22(15-7-3-2-4-8-15)18(14)20-16(23)10-12-21-11-6-5-9-17(21)24/h2-9,11,13H,10,12H2,1H3,(H,20,23). The van der Waals surface area contributed by atoms with Crippen molar-refractivity contribution in [2.45, 2.75) is 19.9 Å². The number of nitrogens with zero attached hydrogens (tertiary/aromatic N) is 3. The second-order valence-corrected chi connectivity index (χ2v) is 5.45. The summed E-state index contributed by atoms with van der Waals surface area (Å²) in [5.74, 6) is 0.484. The van der Waals surface area contributed by atoms with Crippen molar-refractivity contribution in [1.29, 1.82) is 0 Å². The van der Waals surface area contributed by atoms with Crippen LogP contribution in [0.5, 0.6) is 0 Å². The molecule has 6 heteroatoms. The van der Waals surface area contributed by atoms with E-state index < -0.39 is 0 Å². The molecule has 1 aromatic carbocycles. The third kappa shape index (κ3) is 3.43. The van der Waals surface area contributed by atoms with Crippen molar-refractivity contribution in [2.24, 2.45) is 0 Å². The number of aromatic nitrogens is 3. The van der Waals surface area contributed by atoms with E-state index in [2.05, 4.69) is 10.4 Å². The number of aryl methyl sites for hydroxylation is 2. The van der Waals surface area contributed by atoms with Gasteiger partial charge >= 0.3 is 0 Å². The Balaban J connectivity index is 1.72. The van der Waals surface area contributed by atoms with Gasteiger partial charge in [0.1, 0.15) is 5.82 Å². The number of anilines is 1. The molecule has 0 saturated carbocycles. The Morgan fingerprint density at radius 1 is 1.12 bits per heavy atom. The molecule has 1 N–H and O–H groups in total. The minimum absolute atomic E-state index is 0.115. The lowest BCUT2D eigenvalue weighted by molar-refractivity contribution is -0.116. The van der Waals surface area contributed by atoms with E-state index in [-0.39, 0.29) is 17.9 Å². The molecule has 0 atom stereocenters. The summed E-state index contributed by atoms with van der Waals surface area (Å²) in [6, 6.07) is 14.5. The highest BCUT2D eigenvalue weighted by molar-refractivity contribution is 5.90. The van der Waals surface area contributed by atoms with Crippen LogP contribution in [0.15, 0.2) is 65.7 Å². The van der Waals surface area contributed by atoms with E-state index in [9.17, 15) is 9.59 Å². The highest BCUT2D eigenvalue weighted by Gasteiger charge is 2.12. The molecule has 3 aromatic rings. The van der Waals surface area contributed by atoms with E-state index in [0.29, 0.717) is 12.4 Å². The summed E-state index contributed by atoms with van der Waals surface area (Å²) in [4.78, 5) is 23.9. The van der Waals surface area contributed by atoms with Gasteiger partial charge in [-0.3, -0.25) is 9.59 Å². The minimum Gasteiger partial charge on any atom is -0.315 e. The Morgan fingerprint density at radius 3 is 2.62 bits per heavy atom. The number of carbonyl (C=O) groups excluding carboxylic acids is 1. The van der Waals surface area contributed by atoms with Crippen LogP contribution in [0.3, 0.4) is 0 Å². The summed E-state index contributed by atoms with van der Waals surface area (Å²) in [6.45, 7) is 2.23. The topological polar surface area (TPSA) is 68.9 Å². The molecule has 24 heavy (non-hydrogen) atoms. The quantitative estimate of drug-likeness (QED) is 0.784. The SMILES string of the molecule is Cc1cnn(-c2ccccc2)c1NC(=O)CCn1ccccc1=O. The Labute approximate surface area is 139 Å². The number of amides is 1. The number of benzene rings is 1. The van der Waals surface area contributed by atoms with E-state index >= 15 is 0 Å². The van der Waals surface area contributed by atoms with Crippen molar-refractivity contribution in [3.05, 3.63) is 76.8 Å². The zero-order valence-corrected chi connectivity index (χ0v) is 13.3. The van der Waals surface area contributed by atoms with Crippen molar-refractivity contribution in [2.75, 3.05) is 5.32 Å². The summed E-state index contributed by atoms with van der Waals surface area (Å²) in [7, 11) is 0. The molecule has 0 aliphatic carbocycles. The molecule has 3 rings (SSSR count). The Hall–Kier alpha value is -3.15. The molecule has 0 unspecified atom stereocenters. The highest BCUT2D eigenvalue weighted by Crippen LogP contribution is 2.19. The number of pyridine rings is 1. The fraction of sp³-hybridized carbons (Fsp3) is 0.167. The highest BCUT2D eigenvalue weighted by atomic mass is 16.2. The van der Waals surface area contributed by atoms with Gasteiger partial charge in [0.25, 0.3) is 5.56 Å². The average molecular weight is 322 g/mol. The normalized spacial score (nSPS) is 10.5. The Morgan fingerprint density at radius 2 is 1.88 bits per heavy atom. The minimum atomic E-state index is -0.161. The number of nitrogens with one attached hydrogen (secondary N) is 1. The first-order chi connectivity index (χ1) is 11.6. The zero-order chi connectivity index (χ0) is 16.9. The van der Waals surface area contributed by atoms with Gasteiger partial charge in [-0.1, -0.05) is 24.3 Å². The monoisotopic (exact) mass is 322 g/mol. The van der Waals surface area contributed by atoms with Crippen molar-refractivity contribution >= 4 is 11.7 Å². The number of hydrogen-bond acceptors (Lipinski definition) is 3. The predicted molar refractivity (Wildman–Crippen MR) is 92.2 cm³/mol. The van der Waals surface area contributed by atoms with Gasteiger partial charge < -0.3 is 9.88 Å². The van der Waals surface area contributed by atoms with Crippen molar-refractivity contribution in [3.63, 3.8) is 0 Å². The molecule has 0 saturated heterocycles. The Kier molecular flexibility index (Phi) is 4.56. The summed E-state index contributed by atoms with van der Waals surface area (Å²) in [5.41, 5.74) is 1.64. The van der Waals surface area contributed by atoms with Gasteiger partial charge in [0.2, 0.25) is 5.91 Å². The molecule has 0 aliphatic rings. The molecule has 6 nitrogen and oxygen atoms in total. The second-order valence-electron chi connectivity index (χ2n) is 5.45. The van der Waals surface area contributed by atoms with E-state index in [1.54, 1.807) is 29.2 Å². The van der Waals surface area contributed by atoms with Crippen LogP contribution in [0.25, 0.3) is 5.69 Å². The molecule has 122 valence electrons. The average Bonchev–Trinajstić information content (AvgIpc) is 2.96. The van der Waals surface area contributed by atoms with Gasteiger partial charge in [-0.05, 0) is 25.1 Å². The van der Waals surface area contributed by atoms with Gasteiger partial charge in [-0.2, -0.15) is 5.10 Å². The lowest BCUT2D eigenvalue weighted by Crippen LogP contribution is -2.22. The molecular weight excluding hydrogens is 304 g/mol. The maximum absolute atomic E-state index is 12.3. The molecule has 0 fully saturated rings. The fourth-order valence-electron chi connectivity index (χ4n) is 2.41. The molecule has 0 spiro atoms. The molecule has 1 amide bonds. The first-order valence-corrected chi connectivity index (χ1v) is 7.70. The van der Waals surface area contributed by atoms with Gasteiger partial charge in [-0.25, -0.2) is 4.68 Å². The maximum atomic E-state index is 12.3. The molecule has 2 heterocycles. The van der Waals surface area contributed by atoms with Gasteiger partial charge in [0.15, 0.2) is 0 Å². The van der Waals surface area contributed by atoms with Crippen LogP contribution < -0.4 is 10.9 Å². The fourth-order valence-corrected chi connectivity index (χ4v) is 2.41. The first kappa shape index (κ1) is 15.7. The molecule has 0 bridgehead atoms. The lowest BCUT2D eigenvalue weighted by atomic mass is 10.3. The van der Waals surface area contributed by atoms with Crippen LogP contribution in [0.2, 0.25) is 0 Å². The summed E-state index contributed by atoms with van der Waals surface area (Å²) < 4.78 is 3.21. The smallest absolute Gasteiger partial charge is 0.250 e. The van der Waals surface area contributed by atoms with Crippen LogP contribution >= 0.6 is 0 Å². The molecule has 0 aliphatic heterocycles. The van der Waals surface area contributed by atoms with E-state index in [0.717, 1.165) is 11.3 Å². The number of para-hydroxylation sites is 1. The summed E-state index contributed by atoms with van der Waals surface area (Å²) in [5, 5.41) is 7.21. The van der Waals surface area contributed by atoms with Crippen LogP contribution in [0.4, 0.5) is 5.82 Å². The van der Waals surface area contributed by atoms with E-state index in [1.807, 2.05) is 37.3 Å². The Bertz CT molecular complexity index is 897. The van der Waals surface area contributed by atoms with Crippen LogP contribution in [-0.2, 0) is 11.3 Å². The maximum Gasteiger partial charge on any atom is 0.250 e. The molecule has 0 radical (unpaired) electrons. The van der Waals surface area contributed by atoms with Crippen LogP contribution in [0, 0.1) is 6.92 Å². The largest absolute Gasteiger partial charge is 0.315 e. The van der Waals surface area contributed by atoms with Crippen LogP contribution in [-0.4, -0.2) is 20.3 Å². The van der Waals surface area contributed by atoms with Crippen molar-refractivity contribution < 1.29 is 4.79 Å². The van der Waals surface area contributed by atoms with Gasteiger partial charge in [0, 0.05) is 30.8 Å². The zero-order valence-electron chi connectivity index (χ0n) is 13.3. The predicted octanol–water partition coefficient (Wildman–Crippen LogP) is 2.37. The van der Waals surface area contributed by atoms with Crippen LogP contribution in [0.1, 0.15) is 12.0 Å². The van der Waals surface area contributed by atoms with Gasteiger partial charge in [-0.15, -0.1) is 0 Å². The lowest BCUT2D eigenvalue weighted by Gasteiger charge is -2.10. The number of carbonyl (C=O) groups is 1. The number of rotatable bonds is 5.